The van der Waals surface area contributed by atoms with Crippen LogP contribution in [0.5, 0.6) is 5.75 Å². The van der Waals surface area contributed by atoms with Gasteiger partial charge in [0.1, 0.15) is 17.7 Å². The molecule has 5 rings (SSSR count). The Balaban J connectivity index is 1.83. The highest BCUT2D eigenvalue weighted by Crippen LogP contribution is 2.39. The molecule has 0 spiro atoms. The van der Waals surface area contributed by atoms with E-state index in [9.17, 15) is 17.6 Å². The van der Waals surface area contributed by atoms with Crippen molar-refractivity contribution in [2.75, 3.05) is 5.73 Å². The molecule has 0 amide bonds. The number of pyridine rings is 2. The molecule has 4 aromatic rings. The summed E-state index contributed by atoms with van der Waals surface area (Å²) < 4.78 is 63.3. The van der Waals surface area contributed by atoms with Crippen molar-refractivity contribution in [3.8, 4) is 28.3 Å². The maximum Gasteiger partial charge on any atom is 0.267 e. The number of anilines is 1. The third-order valence-electron chi connectivity index (χ3n) is 5.52. The van der Waals surface area contributed by atoms with Crippen LogP contribution in [0, 0.1) is 11.6 Å². The highest BCUT2D eigenvalue weighted by atomic mass is 19.3. The van der Waals surface area contributed by atoms with Gasteiger partial charge in [0.25, 0.3) is 6.43 Å². The molecule has 2 bridgehead atoms. The average Bonchev–Trinajstić information content (AvgIpc) is 3.19. The molecule has 0 saturated heterocycles. The van der Waals surface area contributed by atoms with Gasteiger partial charge in [-0.3, -0.25) is 9.67 Å². The zero-order valence-electron chi connectivity index (χ0n) is 17.3. The third kappa shape index (κ3) is 3.67. The number of aromatic nitrogens is 4. The lowest BCUT2D eigenvalue weighted by Gasteiger charge is -2.22. The van der Waals surface area contributed by atoms with Gasteiger partial charge in [-0.2, -0.15) is 5.10 Å². The Morgan fingerprint density at radius 1 is 1.06 bits per heavy atom. The Hall–Kier alpha value is -3.95. The van der Waals surface area contributed by atoms with Crippen LogP contribution in [0.4, 0.5) is 23.4 Å². The molecule has 0 radical (unpaired) electrons. The van der Waals surface area contributed by atoms with E-state index in [4.69, 9.17) is 10.5 Å². The molecule has 4 heterocycles. The molecule has 1 unspecified atom stereocenters. The third-order valence-corrected chi connectivity index (χ3v) is 5.52. The Kier molecular flexibility index (Phi) is 4.99. The fourth-order valence-corrected chi connectivity index (χ4v) is 4.02. The Morgan fingerprint density at radius 3 is 2.67 bits per heavy atom. The second kappa shape index (κ2) is 7.88. The van der Waals surface area contributed by atoms with E-state index >= 15 is 0 Å². The lowest BCUT2D eigenvalue weighted by molar-refractivity contribution is 0.152. The second-order valence-electron chi connectivity index (χ2n) is 7.67. The van der Waals surface area contributed by atoms with Crippen molar-refractivity contribution >= 4 is 5.82 Å². The van der Waals surface area contributed by atoms with Gasteiger partial charge in [-0.1, -0.05) is 0 Å². The van der Waals surface area contributed by atoms with Crippen LogP contribution in [0.2, 0.25) is 0 Å². The lowest BCUT2D eigenvalue weighted by atomic mass is 9.96. The number of hydrogen-bond donors (Lipinski definition) is 1. The molecule has 0 aliphatic carbocycles. The van der Waals surface area contributed by atoms with Gasteiger partial charge in [0, 0.05) is 28.5 Å². The van der Waals surface area contributed by atoms with Gasteiger partial charge in [-0.05, 0) is 37.3 Å². The summed E-state index contributed by atoms with van der Waals surface area (Å²) in [4.78, 5) is 8.33. The van der Waals surface area contributed by atoms with E-state index in [-0.39, 0.29) is 29.4 Å². The van der Waals surface area contributed by atoms with Crippen LogP contribution >= 0.6 is 0 Å². The highest BCUT2D eigenvalue weighted by molar-refractivity contribution is 5.70. The van der Waals surface area contributed by atoms with E-state index in [1.165, 1.54) is 41.2 Å². The average molecular weight is 455 g/mol. The first-order valence-electron chi connectivity index (χ1n) is 10.0. The largest absolute Gasteiger partial charge is 0.482 e. The van der Waals surface area contributed by atoms with E-state index < -0.39 is 24.2 Å². The monoisotopic (exact) mass is 455 g/mol. The summed E-state index contributed by atoms with van der Waals surface area (Å²) in [5.74, 6) is -0.898. The van der Waals surface area contributed by atoms with Crippen LogP contribution < -0.4 is 10.5 Å². The minimum Gasteiger partial charge on any atom is -0.482 e. The van der Waals surface area contributed by atoms with Crippen molar-refractivity contribution in [3.05, 3.63) is 77.2 Å². The van der Waals surface area contributed by atoms with E-state index in [0.717, 1.165) is 12.4 Å². The van der Waals surface area contributed by atoms with Gasteiger partial charge in [0.15, 0.2) is 11.6 Å². The number of halogens is 4. The Bertz CT molecular complexity index is 1370. The number of benzene rings is 1. The molecule has 1 aliphatic rings. The highest BCUT2D eigenvalue weighted by Gasteiger charge is 2.25. The fraction of sp³-hybridized carbons (Fsp3) is 0.174. The van der Waals surface area contributed by atoms with Crippen LogP contribution in [0.25, 0.3) is 22.5 Å². The van der Waals surface area contributed by atoms with E-state index in [2.05, 4.69) is 15.1 Å². The summed E-state index contributed by atoms with van der Waals surface area (Å²) >= 11 is 0. The topological polar surface area (TPSA) is 78.9 Å². The van der Waals surface area contributed by atoms with Crippen molar-refractivity contribution in [1.29, 1.82) is 0 Å². The molecule has 3 aromatic heterocycles. The minimum atomic E-state index is -2.81. The van der Waals surface area contributed by atoms with Gasteiger partial charge in [0.05, 0.1) is 35.9 Å². The summed E-state index contributed by atoms with van der Waals surface area (Å²) in [6.45, 7) is 1.63. The maximum atomic E-state index is 14.2. The van der Waals surface area contributed by atoms with Gasteiger partial charge in [0.2, 0.25) is 0 Å². The first-order chi connectivity index (χ1) is 15.8. The number of hydrogen-bond acceptors (Lipinski definition) is 5. The van der Waals surface area contributed by atoms with Gasteiger partial charge < -0.3 is 10.5 Å². The molecular formula is C23H17F4N5O. The van der Waals surface area contributed by atoms with E-state index in [0.29, 0.717) is 27.9 Å². The summed E-state index contributed by atoms with van der Waals surface area (Å²) in [6, 6.07) is 6.84. The fourth-order valence-electron chi connectivity index (χ4n) is 4.02. The number of rotatable bonds is 1. The number of alkyl halides is 2. The molecule has 0 fully saturated rings. The number of nitrogens with two attached hydrogens (primary N) is 1. The zero-order chi connectivity index (χ0) is 23.3. The molecule has 2 N–H and O–H groups in total. The van der Waals surface area contributed by atoms with Crippen molar-refractivity contribution in [3.63, 3.8) is 0 Å². The molecule has 168 valence electrons. The molecule has 10 heteroatoms. The summed E-state index contributed by atoms with van der Waals surface area (Å²) in [6.07, 6.45) is -0.0712. The van der Waals surface area contributed by atoms with Crippen molar-refractivity contribution in [2.45, 2.75) is 26.0 Å². The minimum absolute atomic E-state index is 0.0471. The zero-order valence-corrected chi connectivity index (χ0v) is 17.3. The summed E-state index contributed by atoms with van der Waals surface area (Å²) in [7, 11) is 0. The van der Waals surface area contributed by atoms with Crippen LogP contribution in [-0.2, 0) is 6.54 Å². The molecule has 1 atom stereocenters. The predicted molar refractivity (Wildman–Crippen MR) is 113 cm³/mol. The van der Waals surface area contributed by atoms with E-state index in [1.54, 1.807) is 6.92 Å². The smallest absolute Gasteiger partial charge is 0.267 e. The van der Waals surface area contributed by atoms with Crippen LogP contribution in [0.15, 0.2) is 48.9 Å². The van der Waals surface area contributed by atoms with Gasteiger partial charge >= 0.3 is 0 Å². The maximum absolute atomic E-state index is 14.2. The van der Waals surface area contributed by atoms with Crippen molar-refractivity contribution in [1.82, 2.24) is 19.7 Å². The quantitative estimate of drug-likeness (QED) is 0.394. The number of fused-ring (bicyclic) bond motifs is 7. The number of ether oxygens (including phenoxy) is 1. The Morgan fingerprint density at radius 2 is 1.88 bits per heavy atom. The molecule has 6 nitrogen and oxygen atoms in total. The van der Waals surface area contributed by atoms with Crippen LogP contribution in [0.1, 0.15) is 36.1 Å². The van der Waals surface area contributed by atoms with Gasteiger partial charge in [-0.15, -0.1) is 0 Å². The molecule has 0 saturated carbocycles. The van der Waals surface area contributed by atoms with Gasteiger partial charge in [-0.25, -0.2) is 22.5 Å². The normalized spacial score (nSPS) is 15.0. The molecule has 1 aliphatic heterocycles. The SMILES string of the molecule is CC1Oc2cc(cnc2N)-c2c(C(F)F)cnn2Cc2cc(F)cnc2-c2ccc(F)cc21. The molecule has 1 aromatic carbocycles. The number of nitrogen functional groups attached to an aromatic ring is 1. The summed E-state index contributed by atoms with van der Waals surface area (Å²) in [5, 5.41) is 4.12. The Labute approximate surface area is 185 Å². The first-order valence-corrected chi connectivity index (χ1v) is 10.0. The first kappa shape index (κ1) is 20.9. The standard InChI is InChI=1S/C23H17F4N5O/c1-11-17-6-14(24)2-3-16(17)20-13(4-15(25)8-29-20)10-32-21(18(9-31-32)22(26)27)12-5-19(33-11)23(28)30-7-12/h2-9,11,22H,10H2,1H3,(H2,28,30). The van der Waals surface area contributed by atoms with Crippen LogP contribution in [-0.4, -0.2) is 19.7 Å². The second-order valence-corrected chi connectivity index (χ2v) is 7.67. The molecule has 33 heavy (non-hydrogen) atoms. The van der Waals surface area contributed by atoms with Crippen LogP contribution in [0.3, 0.4) is 0 Å². The number of nitrogens with zero attached hydrogens (tertiary/aromatic N) is 4. The summed E-state index contributed by atoms with van der Waals surface area (Å²) in [5.41, 5.74) is 7.76. The molecular weight excluding hydrogens is 438 g/mol. The van der Waals surface area contributed by atoms with Crippen molar-refractivity contribution in [2.24, 2.45) is 0 Å². The van der Waals surface area contributed by atoms with Crippen molar-refractivity contribution < 1.29 is 22.3 Å². The predicted octanol–water partition coefficient (Wildman–Crippen LogP) is 5.31. The van der Waals surface area contributed by atoms with E-state index in [1.807, 2.05) is 0 Å². The lowest BCUT2D eigenvalue weighted by Crippen LogP contribution is -2.12.